The van der Waals surface area contributed by atoms with Crippen LogP contribution >= 0.6 is 0 Å². The summed E-state index contributed by atoms with van der Waals surface area (Å²) in [4.78, 5) is 4.29. The number of fused-ring (bicyclic) bond motifs is 1. The van der Waals surface area contributed by atoms with Crippen molar-refractivity contribution in [2.75, 3.05) is 18.5 Å². The molecule has 0 aromatic carbocycles. The number of anilines is 1. The van der Waals surface area contributed by atoms with Crippen LogP contribution in [0.15, 0.2) is 36.5 Å². The van der Waals surface area contributed by atoms with Gasteiger partial charge in [-0.25, -0.2) is 0 Å². The van der Waals surface area contributed by atoms with Gasteiger partial charge in [0, 0.05) is 19.3 Å². The van der Waals surface area contributed by atoms with E-state index in [9.17, 15) is 0 Å². The molecule has 7 nitrogen and oxygen atoms in total. The molecule has 0 saturated carbocycles. The van der Waals surface area contributed by atoms with Gasteiger partial charge in [-0.15, -0.1) is 15.3 Å². The van der Waals surface area contributed by atoms with Gasteiger partial charge >= 0.3 is 0 Å². The first-order chi connectivity index (χ1) is 10.9. The van der Waals surface area contributed by atoms with Gasteiger partial charge in [-0.1, -0.05) is 6.07 Å². The molecule has 0 amide bonds. The molecular weight excluding hydrogens is 280 g/mol. The molecule has 0 unspecified atom stereocenters. The van der Waals surface area contributed by atoms with E-state index in [4.69, 9.17) is 5.11 Å². The number of aliphatic hydroxyl groups excluding tert-OH is 1. The molecule has 0 fully saturated rings. The van der Waals surface area contributed by atoms with Crippen molar-refractivity contribution >= 4 is 11.5 Å². The lowest BCUT2D eigenvalue weighted by molar-refractivity contribution is 0.283. The predicted molar refractivity (Wildman–Crippen MR) is 83.4 cm³/mol. The number of aromatic nitrogens is 5. The Morgan fingerprint density at radius 3 is 2.82 bits per heavy atom. The van der Waals surface area contributed by atoms with Crippen LogP contribution in [0.3, 0.4) is 0 Å². The van der Waals surface area contributed by atoms with Crippen LogP contribution in [0.2, 0.25) is 0 Å². The Kier molecular flexibility index (Phi) is 4.55. The van der Waals surface area contributed by atoms with Gasteiger partial charge in [-0.3, -0.25) is 4.98 Å². The van der Waals surface area contributed by atoms with Crippen LogP contribution in [-0.2, 0) is 0 Å². The minimum Gasteiger partial charge on any atom is -0.396 e. The first-order valence-electron chi connectivity index (χ1n) is 7.37. The summed E-state index contributed by atoms with van der Waals surface area (Å²) < 4.78 is 1.69. The summed E-state index contributed by atoms with van der Waals surface area (Å²) in [7, 11) is 0. The van der Waals surface area contributed by atoms with Crippen LogP contribution in [0.1, 0.15) is 19.3 Å². The predicted octanol–water partition coefficient (Wildman–Crippen LogP) is 1.76. The van der Waals surface area contributed by atoms with Crippen molar-refractivity contribution in [2.24, 2.45) is 0 Å². The lowest BCUT2D eigenvalue weighted by Gasteiger charge is -2.06. The molecule has 0 aliphatic rings. The minimum atomic E-state index is 0.248. The molecule has 0 aliphatic heterocycles. The van der Waals surface area contributed by atoms with E-state index in [1.165, 1.54) is 0 Å². The molecule has 3 heterocycles. The van der Waals surface area contributed by atoms with Crippen LogP contribution in [0, 0.1) is 0 Å². The first-order valence-corrected chi connectivity index (χ1v) is 7.37. The van der Waals surface area contributed by atoms with Gasteiger partial charge in [0.25, 0.3) is 0 Å². The molecule has 3 aromatic rings. The van der Waals surface area contributed by atoms with Crippen LogP contribution < -0.4 is 5.32 Å². The lowest BCUT2D eigenvalue weighted by Crippen LogP contribution is -2.06. The summed E-state index contributed by atoms with van der Waals surface area (Å²) in [5.41, 5.74) is 1.43. The SMILES string of the molecule is OCCCCCNc1ccc2nnc(-c3ccccn3)n2n1. The molecule has 7 heteroatoms. The lowest BCUT2D eigenvalue weighted by atomic mass is 10.2. The highest BCUT2D eigenvalue weighted by Crippen LogP contribution is 2.15. The second-order valence-corrected chi connectivity index (χ2v) is 4.94. The number of unbranched alkanes of at least 4 members (excludes halogenated alkanes) is 2. The molecule has 0 atom stereocenters. The smallest absolute Gasteiger partial charge is 0.203 e. The largest absolute Gasteiger partial charge is 0.396 e. The summed E-state index contributed by atoms with van der Waals surface area (Å²) in [6.45, 7) is 1.07. The van der Waals surface area contributed by atoms with Crippen LogP contribution in [0.5, 0.6) is 0 Å². The van der Waals surface area contributed by atoms with Gasteiger partial charge in [0.2, 0.25) is 5.82 Å². The Labute approximate surface area is 128 Å². The van der Waals surface area contributed by atoms with Crippen molar-refractivity contribution in [3.8, 4) is 11.5 Å². The topological polar surface area (TPSA) is 88.2 Å². The molecule has 3 aromatic heterocycles. The van der Waals surface area contributed by atoms with E-state index in [2.05, 4.69) is 25.6 Å². The zero-order valence-corrected chi connectivity index (χ0v) is 12.2. The zero-order valence-electron chi connectivity index (χ0n) is 12.2. The molecule has 0 bridgehead atoms. The van der Waals surface area contributed by atoms with Gasteiger partial charge in [-0.05, 0) is 43.5 Å². The Balaban J connectivity index is 1.77. The number of pyridine rings is 1. The Hall–Kier alpha value is -2.54. The quantitative estimate of drug-likeness (QED) is 0.646. The van der Waals surface area contributed by atoms with E-state index in [-0.39, 0.29) is 6.61 Å². The summed E-state index contributed by atoms with van der Waals surface area (Å²) >= 11 is 0. The van der Waals surface area contributed by atoms with Crippen molar-refractivity contribution in [3.05, 3.63) is 36.5 Å². The average molecular weight is 298 g/mol. The first kappa shape index (κ1) is 14.4. The minimum absolute atomic E-state index is 0.248. The van der Waals surface area contributed by atoms with Gasteiger partial charge < -0.3 is 10.4 Å². The van der Waals surface area contributed by atoms with E-state index in [0.29, 0.717) is 11.5 Å². The summed E-state index contributed by atoms with van der Waals surface area (Å²) in [5, 5.41) is 24.8. The molecule has 0 aliphatic carbocycles. The van der Waals surface area contributed by atoms with Gasteiger partial charge in [-0.2, -0.15) is 4.52 Å². The number of rotatable bonds is 7. The Bertz CT molecular complexity index is 727. The summed E-state index contributed by atoms with van der Waals surface area (Å²) in [6, 6.07) is 9.42. The molecule has 0 spiro atoms. The van der Waals surface area contributed by atoms with E-state index in [1.807, 2.05) is 30.3 Å². The number of nitrogens with zero attached hydrogens (tertiary/aromatic N) is 5. The van der Waals surface area contributed by atoms with Crippen molar-refractivity contribution in [1.82, 2.24) is 24.8 Å². The van der Waals surface area contributed by atoms with E-state index < -0.39 is 0 Å². The van der Waals surface area contributed by atoms with E-state index >= 15 is 0 Å². The maximum Gasteiger partial charge on any atom is 0.203 e. The third-order valence-electron chi connectivity index (χ3n) is 3.30. The van der Waals surface area contributed by atoms with Gasteiger partial charge in [0.1, 0.15) is 11.5 Å². The van der Waals surface area contributed by atoms with Crippen molar-refractivity contribution in [2.45, 2.75) is 19.3 Å². The van der Waals surface area contributed by atoms with Gasteiger partial charge in [0.05, 0.1) is 0 Å². The fourth-order valence-electron chi connectivity index (χ4n) is 2.17. The van der Waals surface area contributed by atoms with Gasteiger partial charge in [0.15, 0.2) is 5.65 Å². The maximum atomic E-state index is 8.76. The number of hydrogen-bond acceptors (Lipinski definition) is 6. The zero-order chi connectivity index (χ0) is 15.2. The van der Waals surface area contributed by atoms with Crippen LogP contribution in [0.4, 0.5) is 5.82 Å². The highest BCUT2D eigenvalue weighted by atomic mass is 16.2. The fourth-order valence-corrected chi connectivity index (χ4v) is 2.17. The summed E-state index contributed by atoms with van der Waals surface area (Å²) in [5.74, 6) is 1.40. The van der Waals surface area contributed by atoms with E-state index in [0.717, 1.165) is 37.3 Å². The second kappa shape index (κ2) is 6.95. The molecule has 22 heavy (non-hydrogen) atoms. The molecule has 0 saturated heterocycles. The van der Waals surface area contributed by atoms with Crippen LogP contribution in [-0.4, -0.2) is 43.1 Å². The van der Waals surface area contributed by atoms with Crippen molar-refractivity contribution in [1.29, 1.82) is 0 Å². The molecular formula is C15H18N6O. The molecule has 0 radical (unpaired) electrons. The maximum absolute atomic E-state index is 8.76. The highest BCUT2D eigenvalue weighted by molar-refractivity contribution is 5.55. The van der Waals surface area contributed by atoms with E-state index in [1.54, 1.807) is 10.7 Å². The number of hydrogen-bond donors (Lipinski definition) is 2. The van der Waals surface area contributed by atoms with Crippen molar-refractivity contribution < 1.29 is 5.11 Å². The Morgan fingerprint density at radius 1 is 1.05 bits per heavy atom. The normalized spacial score (nSPS) is 11.0. The highest BCUT2D eigenvalue weighted by Gasteiger charge is 2.10. The molecule has 3 rings (SSSR count). The summed E-state index contributed by atoms with van der Waals surface area (Å²) in [6.07, 6.45) is 4.55. The third kappa shape index (κ3) is 3.20. The molecule has 114 valence electrons. The fraction of sp³-hybridized carbons (Fsp3) is 0.333. The monoisotopic (exact) mass is 298 g/mol. The molecule has 2 N–H and O–H groups in total. The number of aliphatic hydroxyl groups is 1. The second-order valence-electron chi connectivity index (χ2n) is 4.94. The standard InChI is InChI=1S/C15H18N6O/c22-11-5-1-3-10-17-13-7-8-14-18-19-15(21(14)20-13)12-6-2-4-9-16-12/h2,4,6-9,22H,1,3,5,10-11H2,(H,17,20). The third-order valence-corrected chi connectivity index (χ3v) is 3.30. The Morgan fingerprint density at radius 2 is 2.00 bits per heavy atom. The van der Waals surface area contributed by atoms with Crippen molar-refractivity contribution in [3.63, 3.8) is 0 Å². The average Bonchev–Trinajstić information content (AvgIpc) is 2.99. The number of nitrogens with one attached hydrogen (secondary N) is 1. The van der Waals surface area contributed by atoms with Crippen LogP contribution in [0.25, 0.3) is 17.2 Å².